The van der Waals surface area contributed by atoms with Crippen molar-refractivity contribution in [2.45, 2.75) is 18.3 Å². The Balaban J connectivity index is 1.62. The maximum absolute atomic E-state index is 14.1. The zero-order valence-corrected chi connectivity index (χ0v) is 15.9. The van der Waals surface area contributed by atoms with Gasteiger partial charge in [0.15, 0.2) is 5.82 Å². The predicted octanol–water partition coefficient (Wildman–Crippen LogP) is 3.56. The van der Waals surface area contributed by atoms with Crippen molar-refractivity contribution >= 4 is 29.3 Å². The van der Waals surface area contributed by atoms with E-state index in [2.05, 4.69) is 10.2 Å². The Hall–Kier alpha value is -2.65. The van der Waals surface area contributed by atoms with Gasteiger partial charge in [-0.2, -0.15) is 0 Å². The van der Waals surface area contributed by atoms with Crippen LogP contribution in [0.4, 0.5) is 8.78 Å². The van der Waals surface area contributed by atoms with E-state index in [-0.39, 0.29) is 30.4 Å². The van der Waals surface area contributed by atoms with Gasteiger partial charge in [0.05, 0.1) is 17.3 Å². The summed E-state index contributed by atoms with van der Waals surface area (Å²) in [6, 6.07) is 10.1. The second kappa shape index (κ2) is 7.76. The van der Waals surface area contributed by atoms with Crippen LogP contribution in [0, 0.1) is 11.6 Å². The Bertz CT molecular complexity index is 1050. The number of nitrogens with zero attached hydrogens (tertiary/aromatic N) is 4. The minimum absolute atomic E-state index is 0.00724. The molecule has 0 radical (unpaired) electrons. The fraction of sp³-hybridized carbons (Fsp3) is 0.167. The van der Waals surface area contributed by atoms with Crippen LogP contribution in [0.25, 0.3) is 0 Å². The van der Waals surface area contributed by atoms with Gasteiger partial charge in [-0.1, -0.05) is 35.5 Å². The van der Waals surface area contributed by atoms with E-state index >= 15 is 0 Å². The van der Waals surface area contributed by atoms with Crippen LogP contribution >= 0.6 is 23.4 Å². The van der Waals surface area contributed by atoms with Crippen molar-refractivity contribution < 1.29 is 18.3 Å². The topological polar surface area (TPSA) is 60.2 Å². The third kappa shape index (κ3) is 3.67. The van der Waals surface area contributed by atoms with Crippen molar-refractivity contribution in [3.8, 4) is 5.75 Å². The van der Waals surface area contributed by atoms with Crippen LogP contribution < -0.4 is 9.75 Å². The molecule has 0 aliphatic carbocycles. The molecule has 0 saturated carbocycles. The van der Waals surface area contributed by atoms with E-state index in [1.54, 1.807) is 24.3 Å². The molecule has 4 rings (SSSR count). The lowest BCUT2D eigenvalue weighted by Crippen LogP contribution is -2.45. The molecule has 2 aromatic carbocycles. The number of carbonyl (C=O) groups is 1. The van der Waals surface area contributed by atoms with Crippen LogP contribution in [0.3, 0.4) is 0 Å². The maximum atomic E-state index is 14.1. The average Bonchev–Trinajstić information content (AvgIpc) is 3.09. The van der Waals surface area contributed by atoms with Crippen LogP contribution in [0.5, 0.6) is 5.75 Å². The molecule has 10 heteroatoms. The van der Waals surface area contributed by atoms with Crippen LogP contribution in [-0.4, -0.2) is 26.5 Å². The minimum atomic E-state index is -0.601. The van der Waals surface area contributed by atoms with Crippen molar-refractivity contribution in [1.82, 2.24) is 14.9 Å². The zero-order chi connectivity index (χ0) is 19.7. The van der Waals surface area contributed by atoms with Crippen molar-refractivity contribution in [2.24, 2.45) is 0 Å². The lowest BCUT2D eigenvalue weighted by Gasteiger charge is -2.29. The number of aromatic nitrogens is 3. The Morgan fingerprint density at radius 2 is 2.00 bits per heavy atom. The highest BCUT2D eigenvalue weighted by molar-refractivity contribution is 7.99. The van der Waals surface area contributed by atoms with Gasteiger partial charge in [0, 0.05) is 5.56 Å². The molecule has 0 saturated heterocycles. The number of rotatable bonds is 5. The van der Waals surface area contributed by atoms with Crippen LogP contribution in [-0.2, 0) is 17.9 Å². The number of ether oxygens (including phenoxy) is 1. The highest BCUT2D eigenvalue weighted by atomic mass is 35.5. The molecule has 0 unspecified atom stereocenters. The Labute approximate surface area is 168 Å². The van der Waals surface area contributed by atoms with Crippen LogP contribution in [0.1, 0.15) is 11.4 Å². The molecule has 6 nitrogen and oxygen atoms in total. The number of hydrogen-bond donors (Lipinski definition) is 0. The number of hydrogen-bond acceptors (Lipinski definition) is 5. The Morgan fingerprint density at radius 1 is 1.18 bits per heavy atom. The lowest BCUT2D eigenvalue weighted by atomic mass is 10.2. The van der Waals surface area contributed by atoms with Gasteiger partial charge in [-0.15, -0.1) is 10.2 Å². The first-order valence-corrected chi connectivity index (χ1v) is 9.58. The minimum Gasteiger partial charge on any atom is -0.484 e. The van der Waals surface area contributed by atoms with Crippen molar-refractivity contribution in [3.63, 3.8) is 0 Å². The number of para-hydroxylation sites is 1. The molecule has 1 aliphatic heterocycles. The summed E-state index contributed by atoms with van der Waals surface area (Å²) in [4.78, 5) is 12.5. The van der Waals surface area contributed by atoms with Gasteiger partial charge >= 0.3 is 0 Å². The summed E-state index contributed by atoms with van der Waals surface area (Å²) in [5, 5.41) is 10.3. The first-order chi connectivity index (χ1) is 13.5. The molecule has 0 spiro atoms. The first kappa shape index (κ1) is 18.7. The molecule has 28 heavy (non-hydrogen) atoms. The van der Waals surface area contributed by atoms with Crippen LogP contribution in [0.15, 0.2) is 47.6 Å². The quantitative estimate of drug-likeness (QED) is 0.629. The van der Waals surface area contributed by atoms with Crippen molar-refractivity contribution in [2.75, 3.05) is 10.8 Å². The molecule has 3 aromatic rings. The van der Waals surface area contributed by atoms with Gasteiger partial charge in [0.2, 0.25) is 5.16 Å². The van der Waals surface area contributed by atoms with Crippen molar-refractivity contribution in [1.29, 1.82) is 0 Å². The lowest BCUT2D eigenvalue weighted by molar-refractivity contribution is -0.118. The summed E-state index contributed by atoms with van der Waals surface area (Å²) in [5.41, 5.74) is 0.0536. The van der Waals surface area contributed by atoms with Gasteiger partial charge in [-0.05, 0) is 30.3 Å². The molecule has 2 heterocycles. The largest absolute Gasteiger partial charge is 0.484 e. The summed E-state index contributed by atoms with van der Waals surface area (Å²) in [6.07, 6.45) is 0. The molecular weight excluding hydrogens is 410 g/mol. The highest BCUT2D eigenvalue weighted by Gasteiger charge is 2.30. The van der Waals surface area contributed by atoms with E-state index in [0.29, 0.717) is 21.8 Å². The van der Waals surface area contributed by atoms with E-state index in [1.165, 1.54) is 21.4 Å². The standard InChI is InChI=1S/C18H13ClF2N4O2S/c19-13-3-1-2-4-15(13)27-9-16-22-23-18-25(16)24(17(26)10-28-18)8-11-7-12(20)5-6-14(11)21/h1-7H,8-10H2. The number of thioether (sulfide) groups is 1. The Kier molecular flexibility index (Phi) is 5.19. The van der Waals surface area contributed by atoms with E-state index in [0.717, 1.165) is 18.2 Å². The van der Waals surface area contributed by atoms with E-state index in [9.17, 15) is 13.6 Å². The maximum Gasteiger partial charge on any atom is 0.252 e. The van der Waals surface area contributed by atoms with Crippen molar-refractivity contribution in [3.05, 3.63) is 70.5 Å². The third-order valence-corrected chi connectivity index (χ3v) is 5.27. The molecule has 0 fully saturated rings. The molecule has 0 atom stereocenters. The monoisotopic (exact) mass is 422 g/mol. The van der Waals surface area contributed by atoms with Gasteiger partial charge in [-0.3, -0.25) is 4.79 Å². The smallest absolute Gasteiger partial charge is 0.252 e. The molecule has 1 aromatic heterocycles. The van der Waals surface area contributed by atoms with Gasteiger partial charge in [0.1, 0.15) is 24.0 Å². The Morgan fingerprint density at radius 3 is 2.82 bits per heavy atom. The molecule has 1 aliphatic rings. The van der Waals surface area contributed by atoms with E-state index < -0.39 is 11.6 Å². The second-order valence-electron chi connectivity index (χ2n) is 5.91. The third-order valence-electron chi connectivity index (χ3n) is 4.05. The molecule has 0 bridgehead atoms. The molecule has 0 N–H and O–H groups in total. The highest BCUT2D eigenvalue weighted by Crippen LogP contribution is 2.27. The van der Waals surface area contributed by atoms with Gasteiger partial charge in [0.25, 0.3) is 5.91 Å². The fourth-order valence-corrected chi connectivity index (χ4v) is 3.74. The molecular formula is C18H13ClF2N4O2S. The van der Waals surface area contributed by atoms with Crippen LogP contribution in [0.2, 0.25) is 5.02 Å². The fourth-order valence-electron chi connectivity index (χ4n) is 2.72. The predicted molar refractivity (Wildman–Crippen MR) is 99.8 cm³/mol. The zero-order valence-electron chi connectivity index (χ0n) is 14.3. The number of carbonyl (C=O) groups excluding carboxylic acids is 1. The summed E-state index contributed by atoms with van der Waals surface area (Å²) >= 11 is 7.30. The molecule has 1 amide bonds. The van der Waals surface area contributed by atoms with E-state index in [4.69, 9.17) is 16.3 Å². The van der Waals surface area contributed by atoms with Gasteiger partial charge < -0.3 is 4.74 Å². The van der Waals surface area contributed by atoms with E-state index in [1.807, 2.05) is 0 Å². The average molecular weight is 423 g/mol. The summed E-state index contributed by atoms with van der Waals surface area (Å²) in [6.45, 7) is -0.167. The van der Waals surface area contributed by atoms with Gasteiger partial charge in [-0.25, -0.2) is 18.5 Å². The normalized spacial score (nSPS) is 13.5. The molecule has 144 valence electrons. The summed E-state index contributed by atoms with van der Waals surface area (Å²) in [5.74, 6) is -0.538. The number of benzene rings is 2. The number of amides is 1. The SMILES string of the molecule is O=C1CSc2nnc(COc3ccccc3Cl)n2N1Cc1cc(F)ccc1F. The number of fused-ring (bicyclic) bond motifs is 1. The summed E-state index contributed by atoms with van der Waals surface area (Å²) < 4.78 is 34.8. The number of halogens is 3. The first-order valence-electron chi connectivity index (χ1n) is 8.22. The second-order valence-corrected chi connectivity index (χ2v) is 7.26. The summed E-state index contributed by atoms with van der Waals surface area (Å²) in [7, 11) is 0.